The van der Waals surface area contributed by atoms with Crippen LogP contribution in [0.5, 0.6) is 5.75 Å². The highest BCUT2D eigenvalue weighted by molar-refractivity contribution is 6.30. The second kappa shape index (κ2) is 7.74. The third kappa shape index (κ3) is 3.99. The van der Waals surface area contributed by atoms with Crippen molar-refractivity contribution >= 4 is 23.2 Å². The minimum atomic E-state index is 0.516. The molecule has 2 aromatic carbocycles. The summed E-state index contributed by atoms with van der Waals surface area (Å²) in [6.07, 6.45) is 5.40. The van der Waals surface area contributed by atoms with Gasteiger partial charge >= 0.3 is 0 Å². The normalized spacial score (nSPS) is 10.8. The van der Waals surface area contributed by atoms with E-state index in [-0.39, 0.29) is 0 Å². The monoisotopic (exact) mass is 394 g/mol. The van der Waals surface area contributed by atoms with Crippen LogP contribution in [0.2, 0.25) is 5.02 Å². The van der Waals surface area contributed by atoms with Gasteiger partial charge in [-0.2, -0.15) is 0 Å². The number of halogens is 1. The van der Waals surface area contributed by atoms with E-state index in [0.29, 0.717) is 17.5 Å². The van der Waals surface area contributed by atoms with Crippen molar-refractivity contribution in [3.63, 3.8) is 0 Å². The van der Waals surface area contributed by atoms with Gasteiger partial charge in [-0.05, 0) is 36.8 Å². The van der Waals surface area contributed by atoms with Crippen molar-refractivity contribution in [2.75, 3.05) is 12.4 Å². The van der Waals surface area contributed by atoms with Crippen molar-refractivity contribution in [1.82, 2.24) is 24.3 Å². The Morgan fingerprint density at radius 1 is 1.07 bits per heavy atom. The Kier molecular flexibility index (Phi) is 4.99. The van der Waals surface area contributed by atoms with Gasteiger partial charge in [0.25, 0.3) is 0 Å². The molecule has 0 aliphatic carbocycles. The predicted octanol–water partition coefficient (Wildman–Crippen LogP) is 4.23. The molecule has 0 saturated heterocycles. The van der Waals surface area contributed by atoms with Gasteiger partial charge in [0.2, 0.25) is 5.95 Å². The molecule has 0 amide bonds. The van der Waals surface area contributed by atoms with Crippen molar-refractivity contribution in [3.8, 4) is 11.4 Å². The molecule has 0 unspecified atom stereocenters. The summed E-state index contributed by atoms with van der Waals surface area (Å²) in [6.45, 7) is 2.57. The zero-order chi connectivity index (χ0) is 19.5. The highest BCUT2D eigenvalue weighted by Crippen LogP contribution is 2.28. The molecule has 2 aromatic heterocycles. The second-order valence-corrected chi connectivity index (χ2v) is 6.76. The Morgan fingerprint density at radius 2 is 1.89 bits per heavy atom. The Morgan fingerprint density at radius 3 is 2.61 bits per heavy atom. The Labute approximate surface area is 167 Å². The van der Waals surface area contributed by atoms with Crippen LogP contribution in [-0.4, -0.2) is 31.4 Å². The standard InChI is InChI=1S/C20H19ClN6O/c1-14-10-26(12-22-14)18-8-7-17(9-19(18)28-2)24-20-23-13-27(25-20)11-15-3-5-16(21)6-4-15/h3-10,12-13H,11H2,1-2H3,(H,24,25). The molecular formula is C20H19ClN6O. The van der Waals surface area contributed by atoms with Gasteiger partial charge in [0.1, 0.15) is 12.1 Å². The first-order valence-electron chi connectivity index (χ1n) is 8.70. The van der Waals surface area contributed by atoms with Gasteiger partial charge in [0.05, 0.1) is 31.4 Å². The largest absolute Gasteiger partial charge is 0.494 e. The molecule has 0 saturated carbocycles. The van der Waals surface area contributed by atoms with Crippen LogP contribution in [-0.2, 0) is 6.54 Å². The molecule has 4 aromatic rings. The minimum absolute atomic E-state index is 0.516. The van der Waals surface area contributed by atoms with E-state index in [1.807, 2.05) is 60.2 Å². The molecule has 0 atom stereocenters. The highest BCUT2D eigenvalue weighted by Gasteiger charge is 2.09. The van der Waals surface area contributed by atoms with Crippen LogP contribution < -0.4 is 10.1 Å². The first-order valence-corrected chi connectivity index (χ1v) is 9.08. The summed E-state index contributed by atoms with van der Waals surface area (Å²) < 4.78 is 9.23. The molecule has 142 valence electrons. The molecule has 0 aliphatic rings. The first kappa shape index (κ1) is 18.1. The summed E-state index contributed by atoms with van der Waals surface area (Å²) >= 11 is 5.93. The van der Waals surface area contributed by atoms with Crippen LogP contribution in [0.25, 0.3) is 5.69 Å². The minimum Gasteiger partial charge on any atom is -0.494 e. The van der Waals surface area contributed by atoms with Gasteiger partial charge < -0.3 is 14.6 Å². The van der Waals surface area contributed by atoms with E-state index in [4.69, 9.17) is 16.3 Å². The van der Waals surface area contributed by atoms with E-state index in [1.54, 1.807) is 24.4 Å². The van der Waals surface area contributed by atoms with E-state index in [0.717, 1.165) is 28.4 Å². The smallest absolute Gasteiger partial charge is 0.246 e. The molecule has 4 rings (SSSR count). The Balaban J connectivity index is 1.50. The average Bonchev–Trinajstić information content (AvgIpc) is 3.32. The summed E-state index contributed by atoms with van der Waals surface area (Å²) in [5.74, 6) is 1.24. The van der Waals surface area contributed by atoms with Crippen molar-refractivity contribution in [2.24, 2.45) is 0 Å². The fraction of sp³-hybridized carbons (Fsp3) is 0.150. The summed E-state index contributed by atoms with van der Waals surface area (Å²) in [5, 5.41) is 8.39. The van der Waals surface area contributed by atoms with Gasteiger partial charge in [-0.15, -0.1) is 5.10 Å². The van der Waals surface area contributed by atoms with Crippen molar-refractivity contribution < 1.29 is 4.74 Å². The number of aryl methyl sites for hydroxylation is 1. The molecule has 0 fully saturated rings. The predicted molar refractivity (Wildman–Crippen MR) is 109 cm³/mol. The summed E-state index contributed by atoms with van der Waals surface area (Å²) in [6, 6.07) is 13.5. The lowest BCUT2D eigenvalue weighted by molar-refractivity contribution is 0.413. The highest BCUT2D eigenvalue weighted by atomic mass is 35.5. The van der Waals surface area contributed by atoms with Crippen LogP contribution >= 0.6 is 11.6 Å². The maximum Gasteiger partial charge on any atom is 0.246 e. The maximum absolute atomic E-state index is 5.93. The number of methoxy groups -OCH3 is 1. The molecule has 0 bridgehead atoms. The van der Waals surface area contributed by atoms with E-state index < -0.39 is 0 Å². The van der Waals surface area contributed by atoms with Crippen LogP contribution in [0.1, 0.15) is 11.3 Å². The van der Waals surface area contributed by atoms with E-state index in [2.05, 4.69) is 20.4 Å². The molecule has 8 heteroatoms. The second-order valence-electron chi connectivity index (χ2n) is 6.33. The molecule has 7 nitrogen and oxygen atoms in total. The number of ether oxygens (including phenoxy) is 1. The average molecular weight is 395 g/mol. The third-order valence-corrected chi connectivity index (χ3v) is 4.47. The van der Waals surface area contributed by atoms with Crippen molar-refractivity contribution in [3.05, 3.63) is 77.6 Å². The molecule has 28 heavy (non-hydrogen) atoms. The van der Waals surface area contributed by atoms with E-state index in [1.165, 1.54) is 0 Å². The summed E-state index contributed by atoms with van der Waals surface area (Å²) in [7, 11) is 1.64. The number of benzene rings is 2. The lowest BCUT2D eigenvalue weighted by Crippen LogP contribution is -2.02. The van der Waals surface area contributed by atoms with Crippen LogP contribution in [0.3, 0.4) is 0 Å². The molecule has 0 spiro atoms. The lowest BCUT2D eigenvalue weighted by atomic mass is 10.2. The fourth-order valence-electron chi connectivity index (χ4n) is 2.86. The molecule has 1 N–H and O–H groups in total. The first-order chi connectivity index (χ1) is 13.6. The van der Waals surface area contributed by atoms with Crippen LogP contribution in [0, 0.1) is 6.92 Å². The SMILES string of the molecule is COc1cc(Nc2ncn(Cc3ccc(Cl)cc3)n2)ccc1-n1cnc(C)c1. The van der Waals surface area contributed by atoms with E-state index in [9.17, 15) is 0 Å². The Hall–Kier alpha value is -3.32. The number of imidazole rings is 1. The van der Waals surface area contributed by atoms with Gasteiger partial charge in [-0.1, -0.05) is 23.7 Å². The number of nitrogens with zero attached hydrogens (tertiary/aromatic N) is 5. The van der Waals surface area contributed by atoms with Crippen molar-refractivity contribution in [2.45, 2.75) is 13.5 Å². The maximum atomic E-state index is 5.93. The number of hydrogen-bond donors (Lipinski definition) is 1. The third-order valence-electron chi connectivity index (χ3n) is 4.22. The number of hydrogen-bond acceptors (Lipinski definition) is 5. The topological polar surface area (TPSA) is 69.8 Å². The zero-order valence-electron chi connectivity index (χ0n) is 15.5. The number of nitrogens with one attached hydrogen (secondary N) is 1. The van der Waals surface area contributed by atoms with Crippen molar-refractivity contribution in [1.29, 1.82) is 0 Å². The fourth-order valence-corrected chi connectivity index (χ4v) is 2.98. The molecule has 0 radical (unpaired) electrons. The molecule has 2 heterocycles. The van der Waals surface area contributed by atoms with Crippen LogP contribution in [0.15, 0.2) is 61.3 Å². The van der Waals surface area contributed by atoms with Gasteiger partial charge in [0, 0.05) is 23.0 Å². The molecular weight excluding hydrogens is 376 g/mol. The van der Waals surface area contributed by atoms with Gasteiger partial charge in [-0.3, -0.25) is 0 Å². The van der Waals surface area contributed by atoms with E-state index >= 15 is 0 Å². The number of anilines is 2. The summed E-state index contributed by atoms with van der Waals surface area (Å²) in [4.78, 5) is 8.59. The quantitative estimate of drug-likeness (QED) is 0.530. The lowest BCUT2D eigenvalue weighted by Gasteiger charge is -2.11. The number of rotatable bonds is 6. The molecule has 0 aliphatic heterocycles. The van der Waals surface area contributed by atoms with Crippen LogP contribution in [0.4, 0.5) is 11.6 Å². The summed E-state index contributed by atoms with van der Waals surface area (Å²) in [5.41, 5.74) is 3.79. The zero-order valence-corrected chi connectivity index (χ0v) is 16.3. The van der Waals surface area contributed by atoms with Gasteiger partial charge in [-0.25, -0.2) is 14.6 Å². The Bertz CT molecular complexity index is 1090. The van der Waals surface area contributed by atoms with Gasteiger partial charge in [0.15, 0.2) is 0 Å². The number of aromatic nitrogens is 5.